The first-order chi connectivity index (χ1) is 28.5. The van der Waals surface area contributed by atoms with Gasteiger partial charge < -0.3 is 14.2 Å². The van der Waals surface area contributed by atoms with Crippen molar-refractivity contribution in [1.82, 2.24) is 0 Å². The standard InChI is InChI=1S/C52H98O6/c1-4-7-10-13-16-19-22-24-25-26-27-28-31-33-36-39-42-45-51(54)57-48-49(58-52(55)46-43-40-37-34-29-21-18-15-12-9-6-3)47-56-50(53)44-41-38-35-32-30-23-20-17-14-11-8-5-2/h24-25,49H,4-23,26-48H2,1-3H3/b25-24-/t49-/m0/s1. The molecule has 0 aromatic rings. The van der Waals surface area contributed by atoms with Crippen LogP contribution in [0.5, 0.6) is 0 Å². The lowest BCUT2D eigenvalue weighted by molar-refractivity contribution is -0.167. The monoisotopic (exact) mass is 819 g/mol. The molecule has 0 spiro atoms. The highest BCUT2D eigenvalue weighted by atomic mass is 16.6. The maximum Gasteiger partial charge on any atom is 0.306 e. The van der Waals surface area contributed by atoms with E-state index in [9.17, 15) is 14.4 Å². The number of allylic oxidation sites excluding steroid dienone is 2. The summed E-state index contributed by atoms with van der Waals surface area (Å²) in [5.74, 6) is -0.857. The van der Waals surface area contributed by atoms with Crippen LogP contribution in [0, 0.1) is 0 Å². The van der Waals surface area contributed by atoms with Gasteiger partial charge in [-0.2, -0.15) is 0 Å². The van der Waals surface area contributed by atoms with Gasteiger partial charge in [0.05, 0.1) is 0 Å². The predicted molar refractivity (Wildman–Crippen MR) is 247 cm³/mol. The Hall–Kier alpha value is -1.85. The number of hydrogen-bond acceptors (Lipinski definition) is 6. The molecule has 0 unspecified atom stereocenters. The molecule has 0 rings (SSSR count). The Labute approximate surface area is 360 Å². The van der Waals surface area contributed by atoms with E-state index >= 15 is 0 Å². The zero-order valence-electron chi connectivity index (χ0n) is 39.1. The van der Waals surface area contributed by atoms with E-state index in [4.69, 9.17) is 14.2 Å². The molecule has 0 saturated carbocycles. The van der Waals surface area contributed by atoms with Crippen molar-refractivity contribution in [3.63, 3.8) is 0 Å². The van der Waals surface area contributed by atoms with E-state index in [0.717, 1.165) is 57.8 Å². The van der Waals surface area contributed by atoms with Crippen LogP contribution in [0.1, 0.15) is 284 Å². The van der Waals surface area contributed by atoms with Crippen LogP contribution in [0.15, 0.2) is 12.2 Å². The van der Waals surface area contributed by atoms with Gasteiger partial charge in [-0.3, -0.25) is 14.4 Å². The summed E-state index contributed by atoms with van der Waals surface area (Å²) in [5, 5.41) is 0. The largest absolute Gasteiger partial charge is 0.462 e. The Bertz CT molecular complexity index is 900. The van der Waals surface area contributed by atoms with Crippen molar-refractivity contribution in [3.8, 4) is 0 Å². The Morgan fingerprint density at radius 2 is 0.569 bits per heavy atom. The summed E-state index contributed by atoms with van der Waals surface area (Å²) in [6.07, 6.45) is 51.9. The first kappa shape index (κ1) is 56.1. The summed E-state index contributed by atoms with van der Waals surface area (Å²) in [6, 6.07) is 0. The minimum absolute atomic E-state index is 0.0662. The Balaban J connectivity index is 4.29. The Morgan fingerprint density at radius 3 is 0.862 bits per heavy atom. The van der Waals surface area contributed by atoms with Crippen LogP contribution in [-0.4, -0.2) is 37.2 Å². The van der Waals surface area contributed by atoms with Gasteiger partial charge in [-0.25, -0.2) is 0 Å². The SMILES string of the molecule is CCCCCCCC/C=C\CCCCCCCCCC(=O)OC[C@H](COC(=O)CCCCCCCCCCCCCC)OC(=O)CCCCCCCCCCCCC. The van der Waals surface area contributed by atoms with Crippen molar-refractivity contribution in [2.75, 3.05) is 13.2 Å². The van der Waals surface area contributed by atoms with E-state index in [1.54, 1.807) is 0 Å². The van der Waals surface area contributed by atoms with Gasteiger partial charge >= 0.3 is 17.9 Å². The molecule has 6 nitrogen and oxygen atoms in total. The molecule has 0 aromatic heterocycles. The molecule has 0 N–H and O–H groups in total. The number of ether oxygens (including phenoxy) is 3. The third-order valence-electron chi connectivity index (χ3n) is 11.5. The van der Waals surface area contributed by atoms with Gasteiger partial charge in [0, 0.05) is 19.3 Å². The summed E-state index contributed by atoms with van der Waals surface area (Å²) < 4.78 is 16.8. The molecule has 1 atom stereocenters. The average molecular weight is 819 g/mol. The third-order valence-corrected chi connectivity index (χ3v) is 11.5. The van der Waals surface area contributed by atoms with Gasteiger partial charge in [0.25, 0.3) is 0 Å². The maximum absolute atomic E-state index is 12.7. The van der Waals surface area contributed by atoms with Crippen LogP contribution in [0.25, 0.3) is 0 Å². The second kappa shape index (κ2) is 47.8. The molecule has 0 aliphatic heterocycles. The minimum atomic E-state index is -0.763. The average Bonchev–Trinajstić information content (AvgIpc) is 3.22. The van der Waals surface area contributed by atoms with E-state index in [0.29, 0.717) is 19.3 Å². The Morgan fingerprint density at radius 1 is 0.328 bits per heavy atom. The zero-order valence-corrected chi connectivity index (χ0v) is 39.1. The van der Waals surface area contributed by atoms with E-state index in [1.165, 1.54) is 186 Å². The molecule has 342 valence electrons. The third kappa shape index (κ3) is 45.2. The number of carbonyl (C=O) groups is 3. The summed E-state index contributed by atoms with van der Waals surface area (Å²) in [5.41, 5.74) is 0. The lowest BCUT2D eigenvalue weighted by atomic mass is 10.0. The molecule has 0 aromatic carbocycles. The van der Waals surface area contributed by atoms with Gasteiger partial charge in [0.2, 0.25) is 0 Å². The lowest BCUT2D eigenvalue weighted by Crippen LogP contribution is -2.30. The molecule has 0 saturated heterocycles. The fourth-order valence-electron chi connectivity index (χ4n) is 7.61. The highest BCUT2D eigenvalue weighted by Gasteiger charge is 2.19. The number of carbonyl (C=O) groups excluding carboxylic acids is 3. The first-order valence-corrected chi connectivity index (χ1v) is 25.7. The van der Waals surface area contributed by atoms with Gasteiger partial charge in [0.1, 0.15) is 13.2 Å². The smallest absolute Gasteiger partial charge is 0.306 e. The zero-order chi connectivity index (χ0) is 42.3. The molecule has 0 heterocycles. The summed E-state index contributed by atoms with van der Waals surface area (Å²) >= 11 is 0. The molecule has 0 radical (unpaired) electrons. The van der Waals surface area contributed by atoms with Crippen molar-refractivity contribution < 1.29 is 28.6 Å². The summed E-state index contributed by atoms with van der Waals surface area (Å²) in [7, 11) is 0. The molecule has 0 fully saturated rings. The molecular weight excluding hydrogens is 721 g/mol. The van der Waals surface area contributed by atoms with E-state index in [-0.39, 0.29) is 31.1 Å². The van der Waals surface area contributed by atoms with E-state index in [1.807, 2.05) is 0 Å². The van der Waals surface area contributed by atoms with Gasteiger partial charge in [-0.05, 0) is 44.9 Å². The normalized spacial score (nSPS) is 12.0. The van der Waals surface area contributed by atoms with Crippen LogP contribution in [0.2, 0.25) is 0 Å². The highest BCUT2D eigenvalue weighted by Crippen LogP contribution is 2.16. The highest BCUT2D eigenvalue weighted by molar-refractivity contribution is 5.71. The van der Waals surface area contributed by atoms with Crippen molar-refractivity contribution in [1.29, 1.82) is 0 Å². The van der Waals surface area contributed by atoms with Crippen molar-refractivity contribution in [3.05, 3.63) is 12.2 Å². The van der Waals surface area contributed by atoms with Gasteiger partial charge in [-0.1, -0.05) is 232 Å². The molecule has 0 amide bonds. The van der Waals surface area contributed by atoms with Crippen LogP contribution in [0.4, 0.5) is 0 Å². The maximum atomic E-state index is 12.7. The molecular formula is C52H98O6. The van der Waals surface area contributed by atoms with E-state index in [2.05, 4.69) is 32.9 Å². The summed E-state index contributed by atoms with van der Waals surface area (Å²) in [6.45, 7) is 6.65. The number of esters is 3. The van der Waals surface area contributed by atoms with Crippen LogP contribution in [-0.2, 0) is 28.6 Å². The minimum Gasteiger partial charge on any atom is -0.462 e. The second-order valence-electron chi connectivity index (χ2n) is 17.4. The van der Waals surface area contributed by atoms with Crippen LogP contribution in [0.3, 0.4) is 0 Å². The van der Waals surface area contributed by atoms with Crippen molar-refractivity contribution >= 4 is 17.9 Å². The molecule has 6 heteroatoms. The van der Waals surface area contributed by atoms with Crippen LogP contribution < -0.4 is 0 Å². The summed E-state index contributed by atoms with van der Waals surface area (Å²) in [4.78, 5) is 37.9. The van der Waals surface area contributed by atoms with E-state index < -0.39 is 6.10 Å². The fraction of sp³-hybridized carbons (Fsp3) is 0.904. The predicted octanol–water partition coefficient (Wildman–Crippen LogP) is 16.6. The fourth-order valence-corrected chi connectivity index (χ4v) is 7.61. The molecule has 0 aliphatic carbocycles. The number of hydrogen-bond donors (Lipinski definition) is 0. The van der Waals surface area contributed by atoms with Crippen molar-refractivity contribution in [2.45, 2.75) is 290 Å². The number of unbranched alkanes of at least 4 members (excludes halogenated alkanes) is 34. The second-order valence-corrected chi connectivity index (χ2v) is 17.4. The quantitative estimate of drug-likeness (QED) is 0.0263. The molecule has 0 bridgehead atoms. The van der Waals surface area contributed by atoms with Gasteiger partial charge in [0.15, 0.2) is 6.10 Å². The number of rotatable bonds is 47. The van der Waals surface area contributed by atoms with Crippen LogP contribution >= 0.6 is 0 Å². The lowest BCUT2D eigenvalue weighted by Gasteiger charge is -2.18. The Kier molecular flexibility index (Phi) is 46.3. The first-order valence-electron chi connectivity index (χ1n) is 25.7. The molecule has 0 aliphatic rings. The van der Waals surface area contributed by atoms with Crippen molar-refractivity contribution in [2.24, 2.45) is 0 Å². The van der Waals surface area contributed by atoms with Gasteiger partial charge in [-0.15, -0.1) is 0 Å². The molecule has 58 heavy (non-hydrogen) atoms. The topological polar surface area (TPSA) is 78.9 Å².